The Labute approximate surface area is 152 Å². The zero-order valence-electron chi connectivity index (χ0n) is 15.3. The van der Waals surface area contributed by atoms with Crippen LogP contribution in [0.15, 0.2) is 0 Å². The summed E-state index contributed by atoms with van der Waals surface area (Å²) in [6, 6.07) is -1.17. The van der Waals surface area contributed by atoms with Gasteiger partial charge in [0.1, 0.15) is 6.04 Å². The van der Waals surface area contributed by atoms with Gasteiger partial charge in [-0.05, 0) is 12.3 Å². The number of rotatable bonds is 11. The summed E-state index contributed by atoms with van der Waals surface area (Å²) in [5, 5.41) is 11.1. The Hall–Kier alpha value is -1.61. The van der Waals surface area contributed by atoms with E-state index < -0.39 is 41.8 Å². The van der Waals surface area contributed by atoms with Crippen molar-refractivity contribution in [3.05, 3.63) is 0 Å². The first kappa shape index (κ1) is 23.4. The molecule has 0 bridgehead atoms. The van der Waals surface area contributed by atoms with E-state index in [1.54, 1.807) is 6.92 Å². The van der Waals surface area contributed by atoms with Gasteiger partial charge in [-0.2, -0.15) is 0 Å². The van der Waals surface area contributed by atoms with Gasteiger partial charge in [-0.15, -0.1) is 0 Å². The van der Waals surface area contributed by atoms with E-state index in [1.165, 1.54) is 14.0 Å². The standard InChI is InChI=1S/C16H28N2O6S/c1-8(2)6-11(13(24-5)9(3)14(17)20)16(23)25-7-12(15(21)22)18-10(4)19/h8-9,11-13H,6-7H2,1-5H3,(H2,17,20)(H,18,19)(H,21,22). The first-order valence-corrected chi connectivity index (χ1v) is 8.98. The maximum absolute atomic E-state index is 12.6. The number of ether oxygens (including phenoxy) is 1. The number of carboxylic acid groups (broad SMARTS) is 1. The van der Waals surface area contributed by atoms with Crippen molar-refractivity contribution >= 4 is 34.7 Å². The molecule has 0 fully saturated rings. The molecule has 9 heteroatoms. The Kier molecular flexibility index (Phi) is 10.4. The van der Waals surface area contributed by atoms with Crippen LogP contribution < -0.4 is 11.1 Å². The molecule has 25 heavy (non-hydrogen) atoms. The molecule has 4 N–H and O–H groups in total. The topological polar surface area (TPSA) is 136 Å². The van der Waals surface area contributed by atoms with Crippen LogP contribution in [0.5, 0.6) is 0 Å². The zero-order chi connectivity index (χ0) is 19.7. The number of nitrogens with two attached hydrogens (primary N) is 1. The fourth-order valence-electron chi connectivity index (χ4n) is 2.44. The Morgan fingerprint density at radius 2 is 1.76 bits per heavy atom. The molecule has 0 spiro atoms. The first-order valence-electron chi connectivity index (χ1n) is 7.99. The molecule has 0 aromatic carbocycles. The molecule has 4 atom stereocenters. The van der Waals surface area contributed by atoms with E-state index in [9.17, 15) is 19.2 Å². The Morgan fingerprint density at radius 3 is 2.12 bits per heavy atom. The van der Waals surface area contributed by atoms with Gasteiger partial charge in [0.15, 0.2) is 5.12 Å². The summed E-state index contributed by atoms with van der Waals surface area (Å²) in [6.07, 6.45) is -0.219. The Morgan fingerprint density at radius 1 is 1.20 bits per heavy atom. The number of amides is 2. The number of nitrogens with one attached hydrogen (secondary N) is 1. The SMILES string of the molecule is COC(C(C)C(N)=O)C(CC(C)C)C(=O)SCC(NC(C)=O)C(=O)O. The lowest BCUT2D eigenvalue weighted by Gasteiger charge is -2.29. The van der Waals surface area contributed by atoms with Gasteiger partial charge in [0, 0.05) is 19.8 Å². The van der Waals surface area contributed by atoms with Gasteiger partial charge in [0.05, 0.1) is 17.9 Å². The Balaban J connectivity index is 5.19. The van der Waals surface area contributed by atoms with Crippen LogP contribution in [0.4, 0.5) is 0 Å². The molecule has 0 aromatic rings. The number of hydrogen-bond donors (Lipinski definition) is 3. The minimum Gasteiger partial charge on any atom is -0.480 e. The van der Waals surface area contributed by atoms with Crippen molar-refractivity contribution in [2.45, 2.75) is 46.3 Å². The maximum atomic E-state index is 12.6. The van der Waals surface area contributed by atoms with Gasteiger partial charge >= 0.3 is 5.97 Å². The molecule has 0 aliphatic carbocycles. The van der Waals surface area contributed by atoms with Crippen LogP contribution in [0.25, 0.3) is 0 Å². The fourth-order valence-corrected chi connectivity index (χ4v) is 3.44. The predicted molar refractivity (Wildman–Crippen MR) is 94.8 cm³/mol. The van der Waals surface area contributed by atoms with Crippen LogP contribution >= 0.6 is 11.8 Å². The highest BCUT2D eigenvalue weighted by Crippen LogP contribution is 2.28. The fraction of sp³-hybridized carbons (Fsp3) is 0.750. The monoisotopic (exact) mass is 376 g/mol. The molecule has 0 aromatic heterocycles. The number of thioether (sulfide) groups is 1. The molecule has 0 saturated carbocycles. The Bertz CT molecular complexity index is 497. The average Bonchev–Trinajstić information content (AvgIpc) is 2.49. The molecule has 8 nitrogen and oxygen atoms in total. The van der Waals surface area contributed by atoms with Crippen LogP contribution in [0.2, 0.25) is 0 Å². The third kappa shape index (κ3) is 8.35. The highest BCUT2D eigenvalue weighted by molar-refractivity contribution is 8.13. The molecular weight excluding hydrogens is 348 g/mol. The van der Waals surface area contributed by atoms with Crippen molar-refractivity contribution < 1.29 is 29.0 Å². The molecule has 0 radical (unpaired) electrons. The smallest absolute Gasteiger partial charge is 0.327 e. The highest BCUT2D eigenvalue weighted by Gasteiger charge is 2.36. The van der Waals surface area contributed by atoms with Crippen LogP contribution in [-0.2, 0) is 23.9 Å². The predicted octanol–water partition coefficient (Wildman–Crippen LogP) is 0.634. The summed E-state index contributed by atoms with van der Waals surface area (Å²) < 4.78 is 5.36. The molecule has 0 rings (SSSR count). The van der Waals surface area contributed by atoms with Gasteiger partial charge < -0.3 is 20.9 Å². The van der Waals surface area contributed by atoms with E-state index in [0.29, 0.717) is 6.42 Å². The lowest BCUT2D eigenvalue weighted by molar-refractivity contribution is -0.140. The van der Waals surface area contributed by atoms with E-state index in [4.69, 9.17) is 15.6 Å². The highest BCUT2D eigenvalue weighted by atomic mass is 32.2. The van der Waals surface area contributed by atoms with Gasteiger partial charge in [0.25, 0.3) is 0 Å². The van der Waals surface area contributed by atoms with Crippen molar-refractivity contribution in [1.82, 2.24) is 5.32 Å². The number of aliphatic carboxylic acids is 1. The second-order valence-electron chi connectivity index (χ2n) is 6.35. The van der Waals surface area contributed by atoms with Crippen LogP contribution in [0.3, 0.4) is 0 Å². The number of hydrogen-bond acceptors (Lipinski definition) is 6. The van der Waals surface area contributed by atoms with Crippen molar-refractivity contribution in [2.24, 2.45) is 23.5 Å². The quantitative estimate of drug-likeness (QED) is 0.481. The van der Waals surface area contributed by atoms with E-state index in [2.05, 4.69) is 5.32 Å². The molecular formula is C16H28N2O6S. The molecule has 144 valence electrons. The first-order chi connectivity index (χ1) is 11.5. The van der Waals surface area contributed by atoms with E-state index in [-0.39, 0.29) is 16.8 Å². The molecule has 0 aliphatic rings. The van der Waals surface area contributed by atoms with Crippen LogP contribution in [0, 0.1) is 17.8 Å². The van der Waals surface area contributed by atoms with Crippen molar-refractivity contribution in [1.29, 1.82) is 0 Å². The zero-order valence-corrected chi connectivity index (χ0v) is 16.1. The van der Waals surface area contributed by atoms with Crippen LogP contribution in [-0.4, -0.2) is 53.0 Å². The minimum absolute atomic E-state index is 0.107. The summed E-state index contributed by atoms with van der Waals surface area (Å²) in [5.74, 6) is -3.49. The van der Waals surface area contributed by atoms with E-state index in [0.717, 1.165) is 11.8 Å². The van der Waals surface area contributed by atoms with Gasteiger partial charge in [-0.25, -0.2) is 4.79 Å². The number of carbonyl (C=O) groups excluding carboxylic acids is 3. The van der Waals surface area contributed by atoms with Gasteiger partial charge in [-0.1, -0.05) is 32.5 Å². The largest absolute Gasteiger partial charge is 0.480 e. The molecule has 0 heterocycles. The summed E-state index contributed by atoms with van der Waals surface area (Å²) in [4.78, 5) is 46.4. The molecule has 0 aliphatic heterocycles. The second kappa shape index (κ2) is 11.1. The molecule has 0 saturated heterocycles. The second-order valence-corrected chi connectivity index (χ2v) is 7.37. The van der Waals surface area contributed by atoms with Crippen molar-refractivity contribution in [3.63, 3.8) is 0 Å². The van der Waals surface area contributed by atoms with E-state index >= 15 is 0 Å². The van der Waals surface area contributed by atoms with Crippen molar-refractivity contribution in [2.75, 3.05) is 12.9 Å². The third-order valence-corrected chi connectivity index (χ3v) is 4.79. The van der Waals surface area contributed by atoms with E-state index in [1.807, 2.05) is 13.8 Å². The normalized spacial score (nSPS) is 15.9. The number of carboxylic acids is 1. The minimum atomic E-state index is -1.22. The lowest BCUT2D eigenvalue weighted by Crippen LogP contribution is -2.43. The van der Waals surface area contributed by atoms with Gasteiger partial charge in [-0.3, -0.25) is 14.4 Å². The average molecular weight is 376 g/mol. The lowest BCUT2D eigenvalue weighted by atomic mass is 9.86. The van der Waals surface area contributed by atoms with Crippen molar-refractivity contribution in [3.8, 4) is 0 Å². The summed E-state index contributed by atoms with van der Waals surface area (Å²) in [5.41, 5.74) is 5.34. The maximum Gasteiger partial charge on any atom is 0.327 e. The molecule has 2 amide bonds. The van der Waals surface area contributed by atoms with Gasteiger partial charge in [0.2, 0.25) is 11.8 Å². The summed E-state index contributed by atoms with van der Waals surface area (Å²) in [7, 11) is 1.41. The number of methoxy groups -OCH3 is 1. The number of carbonyl (C=O) groups is 4. The third-order valence-electron chi connectivity index (χ3n) is 3.71. The molecule has 4 unspecified atom stereocenters. The van der Waals surface area contributed by atoms with Crippen LogP contribution in [0.1, 0.15) is 34.1 Å². The summed E-state index contributed by atoms with van der Waals surface area (Å²) in [6.45, 7) is 6.67. The number of primary amides is 1. The summed E-state index contributed by atoms with van der Waals surface area (Å²) >= 11 is 0.811.